The Morgan fingerprint density at radius 3 is 1.08 bits per heavy atom. The molecule has 1 amide bonds. The summed E-state index contributed by atoms with van der Waals surface area (Å²) in [5.41, 5.74) is 0. The normalized spacial score (nSPS) is 12.8. The molecule has 3 N–H and O–H groups in total. The van der Waals surface area contributed by atoms with E-state index >= 15 is 0 Å². The number of ether oxygens (including phenoxy) is 1. The number of allylic oxidation sites excluding steroid dienone is 5. The topological polar surface area (TPSA) is 95.9 Å². The SMILES string of the molecule is CCCCCC/C=C\C/C=C\CCCCCCCC(=O)OCCCCCCCCCCCCCCCCCCCCCCCCCCCCC(=O)NC(CO)C(O)/C=C/CCCCCCCCCCCC. The Morgan fingerprint density at radius 1 is 0.394 bits per heavy atom. The molecule has 0 saturated carbocycles. The van der Waals surface area contributed by atoms with E-state index in [2.05, 4.69) is 43.5 Å². The highest BCUT2D eigenvalue weighted by Crippen LogP contribution is 2.18. The number of amides is 1. The number of hydrogen-bond donors (Lipinski definition) is 3. The largest absolute Gasteiger partial charge is 0.466 e. The summed E-state index contributed by atoms with van der Waals surface area (Å²) < 4.78 is 5.49. The zero-order valence-electron chi connectivity index (χ0n) is 47.7. The van der Waals surface area contributed by atoms with Gasteiger partial charge in [-0.15, -0.1) is 0 Å². The van der Waals surface area contributed by atoms with Crippen LogP contribution in [0.5, 0.6) is 0 Å². The fourth-order valence-corrected chi connectivity index (χ4v) is 9.78. The molecule has 0 aromatic carbocycles. The maximum Gasteiger partial charge on any atom is 0.305 e. The van der Waals surface area contributed by atoms with Crippen LogP contribution in [0.25, 0.3) is 0 Å². The fourth-order valence-electron chi connectivity index (χ4n) is 9.78. The van der Waals surface area contributed by atoms with Crippen LogP contribution in [0.15, 0.2) is 36.5 Å². The summed E-state index contributed by atoms with van der Waals surface area (Å²) >= 11 is 0. The number of esters is 1. The van der Waals surface area contributed by atoms with Crippen molar-refractivity contribution in [1.29, 1.82) is 0 Å². The molecule has 0 radical (unpaired) electrons. The van der Waals surface area contributed by atoms with Crippen LogP contribution in [0, 0.1) is 0 Å². The monoisotopic (exact) mass is 998 g/mol. The molecule has 6 nitrogen and oxygen atoms in total. The molecule has 0 bridgehead atoms. The van der Waals surface area contributed by atoms with E-state index < -0.39 is 12.1 Å². The van der Waals surface area contributed by atoms with Gasteiger partial charge < -0.3 is 20.3 Å². The maximum atomic E-state index is 12.4. The lowest BCUT2D eigenvalue weighted by Crippen LogP contribution is -2.45. The molecule has 0 heterocycles. The second-order valence-electron chi connectivity index (χ2n) is 21.7. The first-order chi connectivity index (χ1) is 35.0. The summed E-state index contributed by atoms with van der Waals surface area (Å²) in [6, 6.07) is -0.625. The van der Waals surface area contributed by atoms with Gasteiger partial charge in [-0.2, -0.15) is 0 Å². The minimum absolute atomic E-state index is 0.00334. The Hall–Kier alpha value is -1.92. The molecule has 0 fully saturated rings. The van der Waals surface area contributed by atoms with Crippen molar-refractivity contribution in [2.24, 2.45) is 0 Å². The van der Waals surface area contributed by atoms with Crippen molar-refractivity contribution in [1.82, 2.24) is 5.32 Å². The van der Waals surface area contributed by atoms with Gasteiger partial charge in [0, 0.05) is 12.8 Å². The number of carbonyl (C=O) groups is 2. The van der Waals surface area contributed by atoms with Crippen LogP contribution in [0.4, 0.5) is 0 Å². The highest BCUT2D eigenvalue weighted by atomic mass is 16.5. The quantitative estimate of drug-likeness (QED) is 0.0321. The van der Waals surface area contributed by atoms with Gasteiger partial charge >= 0.3 is 5.97 Å². The maximum absolute atomic E-state index is 12.4. The van der Waals surface area contributed by atoms with Gasteiger partial charge in [0.15, 0.2) is 0 Å². The molecule has 2 unspecified atom stereocenters. The Balaban J connectivity index is 3.36. The van der Waals surface area contributed by atoms with Crippen LogP contribution >= 0.6 is 0 Å². The Bertz CT molecular complexity index is 1150. The number of rotatable bonds is 59. The molecule has 0 aliphatic heterocycles. The van der Waals surface area contributed by atoms with Crippen LogP contribution in [0.2, 0.25) is 0 Å². The Kier molecular flexibility index (Phi) is 59.0. The number of unbranched alkanes of at least 4 members (excludes halogenated alkanes) is 44. The highest BCUT2D eigenvalue weighted by Gasteiger charge is 2.18. The van der Waals surface area contributed by atoms with Gasteiger partial charge in [0.25, 0.3) is 0 Å². The fraction of sp³-hybridized carbons (Fsp3) is 0.877. The number of aliphatic hydroxyl groups excluding tert-OH is 2. The summed E-state index contributed by atoms with van der Waals surface area (Å²) in [7, 11) is 0. The van der Waals surface area contributed by atoms with Gasteiger partial charge in [-0.25, -0.2) is 0 Å². The molecule has 0 aromatic heterocycles. The van der Waals surface area contributed by atoms with Gasteiger partial charge in [-0.3, -0.25) is 9.59 Å². The molecule has 71 heavy (non-hydrogen) atoms. The van der Waals surface area contributed by atoms with Crippen LogP contribution in [0.1, 0.15) is 341 Å². The first-order valence-corrected chi connectivity index (χ1v) is 31.8. The molecule has 0 aromatic rings. The van der Waals surface area contributed by atoms with Crippen molar-refractivity contribution >= 4 is 11.9 Å². The average molecular weight is 999 g/mol. The van der Waals surface area contributed by atoms with E-state index in [-0.39, 0.29) is 18.5 Å². The lowest BCUT2D eigenvalue weighted by atomic mass is 10.0. The van der Waals surface area contributed by atoms with E-state index in [1.807, 2.05) is 6.08 Å². The van der Waals surface area contributed by atoms with Crippen molar-refractivity contribution in [3.8, 4) is 0 Å². The third-order valence-electron chi connectivity index (χ3n) is 14.7. The molecular formula is C65H123NO5. The van der Waals surface area contributed by atoms with E-state index in [0.717, 1.165) is 51.4 Å². The summed E-state index contributed by atoms with van der Waals surface area (Å²) in [5.74, 6) is -0.0625. The number of carbonyl (C=O) groups excluding carboxylic acids is 2. The minimum Gasteiger partial charge on any atom is -0.466 e. The van der Waals surface area contributed by atoms with Crippen LogP contribution in [-0.4, -0.2) is 47.4 Å². The van der Waals surface area contributed by atoms with E-state index in [1.165, 1.54) is 263 Å². The van der Waals surface area contributed by atoms with Crippen molar-refractivity contribution in [2.45, 2.75) is 353 Å². The third kappa shape index (κ3) is 57.2. The first-order valence-electron chi connectivity index (χ1n) is 31.8. The zero-order valence-corrected chi connectivity index (χ0v) is 47.7. The molecule has 0 rings (SSSR count). The van der Waals surface area contributed by atoms with Crippen LogP contribution < -0.4 is 5.32 Å². The van der Waals surface area contributed by atoms with E-state index in [0.29, 0.717) is 19.4 Å². The van der Waals surface area contributed by atoms with Crippen molar-refractivity contribution in [3.05, 3.63) is 36.5 Å². The van der Waals surface area contributed by atoms with Gasteiger partial charge in [0.05, 0.1) is 25.4 Å². The summed E-state index contributed by atoms with van der Waals surface area (Å²) in [5, 5.41) is 23.1. The average Bonchev–Trinajstić information content (AvgIpc) is 3.37. The van der Waals surface area contributed by atoms with Crippen LogP contribution in [0.3, 0.4) is 0 Å². The number of aliphatic hydroxyl groups is 2. The summed E-state index contributed by atoms with van der Waals surface area (Å²) in [6.45, 7) is 4.89. The molecule has 0 spiro atoms. The van der Waals surface area contributed by atoms with E-state index in [9.17, 15) is 19.8 Å². The number of nitrogens with one attached hydrogen (secondary N) is 1. The first kappa shape index (κ1) is 69.1. The summed E-state index contributed by atoms with van der Waals surface area (Å²) in [4.78, 5) is 24.5. The van der Waals surface area contributed by atoms with Crippen molar-refractivity contribution in [2.75, 3.05) is 13.2 Å². The molecule has 0 aliphatic carbocycles. The number of hydrogen-bond acceptors (Lipinski definition) is 5. The predicted molar refractivity (Wildman–Crippen MR) is 310 cm³/mol. The van der Waals surface area contributed by atoms with E-state index in [1.54, 1.807) is 6.08 Å². The standard InChI is InChI=1S/C65H123NO5/c1-3-5-7-9-11-13-15-17-18-32-35-39-43-47-51-55-59-65(70)71-60-56-52-48-44-40-36-33-30-28-26-24-22-20-19-21-23-25-27-29-31-34-38-42-46-50-54-58-64(69)66-62(61-67)63(68)57-53-49-45-41-37-16-14-12-10-8-6-4-2/h13,15,18,32,53,57,62-63,67-68H,3-12,14,16-17,19-31,33-52,54-56,58-61H2,1-2H3,(H,66,69)/b15-13-,32-18-,57-53+. The van der Waals surface area contributed by atoms with Gasteiger partial charge in [0.1, 0.15) is 0 Å². The van der Waals surface area contributed by atoms with Crippen molar-refractivity contribution in [3.63, 3.8) is 0 Å². The third-order valence-corrected chi connectivity index (χ3v) is 14.7. The van der Waals surface area contributed by atoms with Gasteiger partial charge in [-0.1, -0.05) is 301 Å². The predicted octanol–water partition coefficient (Wildman–Crippen LogP) is 20.0. The summed E-state index contributed by atoms with van der Waals surface area (Å²) in [6.07, 6.45) is 76.2. The highest BCUT2D eigenvalue weighted by molar-refractivity contribution is 5.76. The van der Waals surface area contributed by atoms with Gasteiger partial charge in [-0.05, 0) is 64.2 Å². The Labute approximate surface area is 443 Å². The minimum atomic E-state index is -0.842. The van der Waals surface area contributed by atoms with Crippen LogP contribution in [-0.2, 0) is 14.3 Å². The molecule has 0 saturated heterocycles. The molecular weight excluding hydrogens is 875 g/mol. The molecule has 2 atom stereocenters. The van der Waals surface area contributed by atoms with Crippen molar-refractivity contribution < 1.29 is 24.5 Å². The van der Waals surface area contributed by atoms with E-state index in [4.69, 9.17) is 4.74 Å². The molecule has 0 aliphatic rings. The molecule has 6 heteroatoms. The Morgan fingerprint density at radius 2 is 0.704 bits per heavy atom. The smallest absolute Gasteiger partial charge is 0.305 e. The van der Waals surface area contributed by atoms with Gasteiger partial charge in [0.2, 0.25) is 5.91 Å². The zero-order chi connectivity index (χ0) is 51.4. The second kappa shape index (κ2) is 60.6. The lowest BCUT2D eigenvalue weighted by Gasteiger charge is -2.20. The lowest BCUT2D eigenvalue weighted by molar-refractivity contribution is -0.143. The molecule has 418 valence electrons. The second-order valence-corrected chi connectivity index (χ2v) is 21.7.